The number of esters is 1. The Morgan fingerprint density at radius 3 is 2.33 bits per heavy atom. The molecule has 0 spiro atoms. The lowest BCUT2D eigenvalue weighted by atomic mass is 10.2. The van der Waals surface area contributed by atoms with Gasteiger partial charge in [-0.3, -0.25) is 0 Å². The van der Waals surface area contributed by atoms with E-state index in [1.54, 1.807) is 29.5 Å². The van der Waals surface area contributed by atoms with Crippen LogP contribution in [0.15, 0.2) is 53.2 Å². The van der Waals surface area contributed by atoms with Crippen LogP contribution in [-0.4, -0.2) is 5.97 Å². The zero-order valence-electron chi connectivity index (χ0n) is 12.4. The number of hydrogen-bond donors (Lipinski definition) is 0. The lowest BCUT2D eigenvalue weighted by molar-refractivity contribution is -0.137. The van der Waals surface area contributed by atoms with Gasteiger partial charge in [0, 0.05) is 25.4 Å². The highest BCUT2D eigenvalue weighted by molar-refractivity contribution is 7.12. The molecule has 2 heterocycles. The van der Waals surface area contributed by atoms with Crippen molar-refractivity contribution in [1.29, 1.82) is 0 Å². The highest BCUT2D eigenvalue weighted by atomic mass is 35.5. The van der Waals surface area contributed by atoms with Crippen LogP contribution in [0.2, 0.25) is 10.0 Å². The van der Waals surface area contributed by atoms with Crippen LogP contribution in [0.5, 0.6) is 0 Å². The third-order valence-electron chi connectivity index (χ3n) is 3.25. The van der Waals surface area contributed by atoms with Gasteiger partial charge in [-0.25, -0.2) is 4.79 Å². The van der Waals surface area contributed by atoms with Crippen LogP contribution in [0.25, 0.3) is 11.6 Å². The van der Waals surface area contributed by atoms with Crippen molar-refractivity contribution < 1.29 is 9.53 Å². The molecule has 0 radical (unpaired) electrons. The van der Waals surface area contributed by atoms with Gasteiger partial charge >= 0.3 is 5.97 Å². The second kappa shape index (κ2) is 7.99. The lowest BCUT2D eigenvalue weighted by Crippen LogP contribution is -2.07. The standard InChI is InChI=1S/C18H12Cl2O2S2/c19-15-5-1-6-16(20)14(15)11-22-18(21)13(17-7-3-9-24-17)10-12-4-2-8-23-12/h1-10H,11H2. The van der Waals surface area contributed by atoms with E-state index in [2.05, 4.69) is 0 Å². The highest BCUT2D eigenvalue weighted by Crippen LogP contribution is 2.28. The molecule has 0 aliphatic carbocycles. The summed E-state index contributed by atoms with van der Waals surface area (Å²) in [5, 5.41) is 4.85. The van der Waals surface area contributed by atoms with Gasteiger partial charge in [0.15, 0.2) is 0 Å². The summed E-state index contributed by atoms with van der Waals surface area (Å²) in [6, 6.07) is 12.9. The monoisotopic (exact) mass is 394 g/mol. The molecule has 0 saturated carbocycles. The van der Waals surface area contributed by atoms with E-state index >= 15 is 0 Å². The predicted octanol–water partition coefficient (Wildman–Crippen LogP) is 6.40. The van der Waals surface area contributed by atoms with Gasteiger partial charge in [-0.2, -0.15) is 0 Å². The first-order valence-corrected chi connectivity index (χ1v) is 9.56. The van der Waals surface area contributed by atoms with Crippen molar-refractivity contribution in [2.75, 3.05) is 0 Å². The van der Waals surface area contributed by atoms with E-state index in [1.807, 2.05) is 41.1 Å². The zero-order chi connectivity index (χ0) is 16.9. The van der Waals surface area contributed by atoms with E-state index < -0.39 is 5.97 Å². The number of thiophene rings is 2. The molecule has 0 amide bonds. The van der Waals surface area contributed by atoms with Crippen molar-refractivity contribution in [3.8, 4) is 0 Å². The molecule has 6 heteroatoms. The quantitative estimate of drug-likeness (QED) is 0.369. The lowest BCUT2D eigenvalue weighted by Gasteiger charge is -2.10. The van der Waals surface area contributed by atoms with Crippen LogP contribution >= 0.6 is 45.9 Å². The summed E-state index contributed by atoms with van der Waals surface area (Å²) >= 11 is 15.3. The number of ether oxygens (including phenoxy) is 1. The Kier molecular flexibility index (Phi) is 5.74. The first-order chi connectivity index (χ1) is 11.6. The minimum absolute atomic E-state index is 0.0322. The summed E-state index contributed by atoms with van der Waals surface area (Å²) in [5.41, 5.74) is 1.13. The van der Waals surface area contributed by atoms with E-state index in [0.717, 1.165) is 9.75 Å². The second-order valence-corrected chi connectivity index (χ2v) is 7.57. The fraction of sp³-hybridized carbons (Fsp3) is 0.0556. The third-order valence-corrected chi connectivity index (χ3v) is 5.68. The summed E-state index contributed by atoms with van der Waals surface area (Å²) < 4.78 is 5.46. The molecule has 0 fully saturated rings. The van der Waals surface area contributed by atoms with Gasteiger partial charge in [0.2, 0.25) is 0 Å². The second-order valence-electron chi connectivity index (χ2n) is 4.83. The van der Waals surface area contributed by atoms with E-state index in [9.17, 15) is 4.79 Å². The highest BCUT2D eigenvalue weighted by Gasteiger charge is 2.17. The molecule has 0 unspecified atom stereocenters. The fourth-order valence-electron chi connectivity index (χ4n) is 2.06. The summed E-state index contributed by atoms with van der Waals surface area (Å²) in [6.45, 7) is 0.0322. The molecular weight excluding hydrogens is 383 g/mol. The van der Waals surface area contributed by atoms with Gasteiger partial charge in [-0.15, -0.1) is 22.7 Å². The van der Waals surface area contributed by atoms with Crippen LogP contribution in [-0.2, 0) is 16.1 Å². The number of rotatable bonds is 5. The molecule has 0 aliphatic heterocycles. The maximum absolute atomic E-state index is 12.6. The molecule has 122 valence electrons. The number of carbonyl (C=O) groups excluding carboxylic acids is 1. The fourth-order valence-corrected chi connectivity index (χ4v) is 3.96. The maximum atomic E-state index is 12.6. The summed E-state index contributed by atoms with van der Waals surface area (Å²) in [6.07, 6.45) is 1.84. The molecule has 0 aliphatic rings. The normalized spacial score (nSPS) is 11.5. The van der Waals surface area contributed by atoms with E-state index in [4.69, 9.17) is 27.9 Å². The Morgan fingerprint density at radius 2 is 1.71 bits per heavy atom. The van der Waals surface area contributed by atoms with Gasteiger partial charge in [0.1, 0.15) is 6.61 Å². The summed E-state index contributed by atoms with van der Waals surface area (Å²) in [4.78, 5) is 14.5. The molecule has 0 bridgehead atoms. The Hall–Kier alpha value is -1.59. The number of benzene rings is 1. The molecule has 0 N–H and O–H groups in total. The van der Waals surface area contributed by atoms with Crippen molar-refractivity contribution in [2.24, 2.45) is 0 Å². The SMILES string of the molecule is O=C(OCc1c(Cl)cccc1Cl)C(=Cc1cccs1)c1cccs1. The van der Waals surface area contributed by atoms with Crippen LogP contribution in [0.1, 0.15) is 15.3 Å². The predicted molar refractivity (Wildman–Crippen MR) is 103 cm³/mol. The van der Waals surface area contributed by atoms with Crippen molar-refractivity contribution in [3.63, 3.8) is 0 Å². The summed E-state index contributed by atoms with van der Waals surface area (Å²) in [5.74, 6) is -0.401. The molecule has 0 atom stereocenters. The van der Waals surface area contributed by atoms with E-state index in [-0.39, 0.29) is 6.61 Å². The van der Waals surface area contributed by atoms with E-state index in [1.165, 1.54) is 11.3 Å². The maximum Gasteiger partial charge on any atom is 0.339 e. The van der Waals surface area contributed by atoms with Gasteiger partial charge < -0.3 is 4.74 Å². The van der Waals surface area contributed by atoms with Crippen molar-refractivity contribution in [2.45, 2.75) is 6.61 Å². The van der Waals surface area contributed by atoms with Crippen molar-refractivity contribution in [1.82, 2.24) is 0 Å². The van der Waals surface area contributed by atoms with Gasteiger partial charge in [-0.05, 0) is 41.1 Å². The molecule has 0 saturated heterocycles. The minimum atomic E-state index is -0.401. The molecular formula is C18H12Cl2O2S2. The molecule has 24 heavy (non-hydrogen) atoms. The third kappa shape index (κ3) is 4.08. The Labute approximate surface area is 157 Å². The van der Waals surface area contributed by atoms with Gasteiger partial charge in [-0.1, -0.05) is 41.4 Å². The van der Waals surface area contributed by atoms with Crippen molar-refractivity contribution >= 4 is 63.5 Å². The molecule has 3 aromatic rings. The van der Waals surface area contributed by atoms with Crippen LogP contribution in [0.3, 0.4) is 0 Å². The molecule has 2 aromatic heterocycles. The zero-order valence-corrected chi connectivity index (χ0v) is 15.5. The van der Waals surface area contributed by atoms with Crippen molar-refractivity contribution in [3.05, 3.63) is 78.6 Å². The van der Waals surface area contributed by atoms with E-state index in [0.29, 0.717) is 21.2 Å². The van der Waals surface area contributed by atoms with Crippen LogP contribution < -0.4 is 0 Å². The average Bonchev–Trinajstić information content (AvgIpc) is 3.25. The first-order valence-electron chi connectivity index (χ1n) is 7.04. The number of carbonyl (C=O) groups is 1. The Morgan fingerprint density at radius 1 is 1.00 bits per heavy atom. The van der Waals surface area contributed by atoms with Gasteiger partial charge in [0.25, 0.3) is 0 Å². The van der Waals surface area contributed by atoms with Gasteiger partial charge in [0.05, 0.1) is 5.57 Å². The topological polar surface area (TPSA) is 26.3 Å². The smallest absolute Gasteiger partial charge is 0.339 e. The molecule has 3 rings (SSSR count). The first kappa shape index (κ1) is 17.2. The summed E-state index contributed by atoms with van der Waals surface area (Å²) in [7, 11) is 0. The Bertz CT molecular complexity index is 833. The van der Waals surface area contributed by atoms with Crippen LogP contribution in [0.4, 0.5) is 0 Å². The minimum Gasteiger partial charge on any atom is -0.457 e. The number of hydrogen-bond acceptors (Lipinski definition) is 4. The molecule has 1 aromatic carbocycles. The van der Waals surface area contributed by atoms with Crippen LogP contribution in [0, 0.1) is 0 Å². The average molecular weight is 395 g/mol. The largest absolute Gasteiger partial charge is 0.457 e. The Balaban J connectivity index is 1.82. The molecule has 2 nitrogen and oxygen atoms in total. The number of halogens is 2.